The number of benzene rings is 1. The van der Waals surface area contributed by atoms with Crippen molar-refractivity contribution in [2.45, 2.75) is 19.9 Å². The zero-order valence-electron chi connectivity index (χ0n) is 15.1. The minimum atomic E-state index is -0.0154. The Labute approximate surface area is 152 Å². The number of ether oxygens (including phenoxy) is 1. The van der Waals surface area contributed by atoms with E-state index in [0.717, 1.165) is 42.1 Å². The normalized spacial score (nSPS) is 17.3. The van der Waals surface area contributed by atoms with Gasteiger partial charge < -0.3 is 14.2 Å². The molecule has 1 fully saturated rings. The molecule has 1 aromatic carbocycles. The van der Waals surface area contributed by atoms with Crippen LogP contribution in [-0.2, 0) is 11.3 Å². The van der Waals surface area contributed by atoms with Crippen molar-refractivity contribution in [1.82, 2.24) is 24.6 Å². The summed E-state index contributed by atoms with van der Waals surface area (Å²) in [5, 5.41) is 7.25. The lowest BCUT2D eigenvalue weighted by Gasteiger charge is -2.14. The molecule has 1 N–H and O–H groups in total. The van der Waals surface area contributed by atoms with Gasteiger partial charge in [-0.15, -0.1) is 0 Å². The number of hydrogen-bond donors (Lipinski definition) is 1. The van der Waals surface area contributed by atoms with Crippen LogP contribution in [-0.4, -0.2) is 57.4 Å². The summed E-state index contributed by atoms with van der Waals surface area (Å²) in [4.78, 5) is 19.1. The van der Waals surface area contributed by atoms with Crippen molar-refractivity contribution >= 4 is 16.9 Å². The molecule has 0 radical (unpaired) electrons. The molecule has 0 spiro atoms. The number of carbonyl (C=O) groups is 1. The highest BCUT2D eigenvalue weighted by atomic mass is 16.5. The number of hydrogen-bond acceptors (Lipinski definition) is 4. The Morgan fingerprint density at radius 1 is 1.38 bits per heavy atom. The van der Waals surface area contributed by atoms with E-state index >= 15 is 0 Å². The van der Waals surface area contributed by atoms with E-state index in [4.69, 9.17) is 4.74 Å². The van der Waals surface area contributed by atoms with E-state index in [9.17, 15) is 4.79 Å². The molecular weight excluding hydrogens is 330 g/mol. The van der Waals surface area contributed by atoms with Crippen molar-refractivity contribution in [3.63, 3.8) is 0 Å². The average molecular weight is 353 g/mol. The molecule has 1 amide bonds. The molecule has 26 heavy (non-hydrogen) atoms. The second-order valence-electron chi connectivity index (χ2n) is 6.87. The molecule has 0 bridgehead atoms. The van der Waals surface area contributed by atoms with Gasteiger partial charge in [0.2, 0.25) is 0 Å². The maximum absolute atomic E-state index is 12.7. The minimum Gasteiger partial charge on any atom is -0.384 e. The number of aromatic amines is 1. The zero-order chi connectivity index (χ0) is 18.1. The smallest absolute Gasteiger partial charge is 0.274 e. The van der Waals surface area contributed by atoms with E-state index in [1.165, 1.54) is 0 Å². The molecule has 0 saturated carbocycles. The summed E-state index contributed by atoms with van der Waals surface area (Å²) >= 11 is 0. The van der Waals surface area contributed by atoms with Gasteiger partial charge in [0.15, 0.2) is 0 Å². The number of fused-ring (bicyclic) bond motifs is 1. The fourth-order valence-corrected chi connectivity index (χ4v) is 3.67. The van der Waals surface area contributed by atoms with Crippen molar-refractivity contribution in [3.05, 3.63) is 47.5 Å². The summed E-state index contributed by atoms with van der Waals surface area (Å²) in [5.74, 6) is 1.34. The number of nitrogens with one attached hydrogen (secondary N) is 1. The van der Waals surface area contributed by atoms with E-state index in [-0.39, 0.29) is 5.91 Å². The fourth-order valence-electron chi connectivity index (χ4n) is 3.67. The van der Waals surface area contributed by atoms with Crippen molar-refractivity contribution in [2.24, 2.45) is 5.92 Å². The van der Waals surface area contributed by atoms with Gasteiger partial charge in [0.1, 0.15) is 11.5 Å². The molecule has 3 heterocycles. The number of H-pyrrole nitrogens is 1. The molecule has 7 heteroatoms. The predicted octanol–water partition coefficient (Wildman–Crippen LogP) is 2.22. The SMILES string of the molecule is COC[C@@H]1CCN(C(=O)c2cc(Cn3c(C)nc4ccccc43)[nH]n2)C1. The third-order valence-corrected chi connectivity index (χ3v) is 5.00. The van der Waals surface area contributed by atoms with Gasteiger partial charge in [-0.25, -0.2) is 4.98 Å². The highest BCUT2D eigenvalue weighted by molar-refractivity contribution is 5.92. The van der Waals surface area contributed by atoms with Gasteiger partial charge in [0.05, 0.1) is 29.9 Å². The van der Waals surface area contributed by atoms with Gasteiger partial charge in [-0.2, -0.15) is 5.10 Å². The Hall–Kier alpha value is -2.67. The summed E-state index contributed by atoms with van der Waals surface area (Å²) < 4.78 is 7.33. The topological polar surface area (TPSA) is 76.0 Å². The quantitative estimate of drug-likeness (QED) is 0.763. The van der Waals surface area contributed by atoms with Crippen LogP contribution in [0.5, 0.6) is 0 Å². The van der Waals surface area contributed by atoms with Gasteiger partial charge >= 0.3 is 0 Å². The standard InChI is InChI=1S/C19H23N5O2/c1-13-20-16-5-3-4-6-18(16)24(13)11-15-9-17(22-21-15)19(25)23-8-7-14(10-23)12-26-2/h3-6,9,14H,7-8,10-12H2,1-2H3,(H,21,22)/t14-/m1/s1. The van der Waals surface area contributed by atoms with E-state index in [2.05, 4.69) is 25.8 Å². The Balaban J connectivity index is 1.49. The molecule has 7 nitrogen and oxygen atoms in total. The van der Waals surface area contributed by atoms with Crippen molar-refractivity contribution in [3.8, 4) is 0 Å². The number of nitrogens with zero attached hydrogens (tertiary/aromatic N) is 4. The van der Waals surface area contributed by atoms with Crippen molar-refractivity contribution in [2.75, 3.05) is 26.8 Å². The van der Waals surface area contributed by atoms with Crippen LogP contribution in [0.2, 0.25) is 0 Å². The number of rotatable bonds is 5. The average Bonchev–Trinajstić information content (AvgIpc) is 3.35. The van der Waals surface area contributed by atoms with Crippen molar-refractivity contribution < 1.29 is 9.53 Å². The number of imidazole rings is 1. The molecule has 2 aromatic heterocycles. The largest absolute Gasteiger partial charge is 0.384 e. The first-order valence-electron chi connectivity index (χ1n) is 8.90. The van der Waals surface area contributed by atoms with Crippen LogP contribution in [0.3, 0.4) is 0 Å². The molecule has 4 rings (SSSR count). The maximum Gasteiger partial charge on any atom is 0.274 e. The summed E-state index contributed by atoms with van der Waals surface area (Å²) in [6, 6.07) is 9.90. The van der Waals surface area contributed by atoms with Crippen LogP contribution < -0.4 is 0 Å². The Bertz CT molecular complexity index is 929. The summed E-state index contributed by atoms with van der Waals surface area (Å²) in [5.41, 5.74) is 3.42. The van der Waals surface area contributed by atoms with Crippen LogP contribution in [0.15, 0.2) is 30.3 Å². The van der Waals surface area contributed by atoms with Crippen LogP contribution >= 0.6 is 0 Å². The van der Waals surface area contributed by atoms with Gasteiger partial charge in [0.25, 0.3) is 5.91 Å². The van der Waals surface area contributed by atoms with Gasteiger partial charge in [-0.3, -0.25) is 9.89 Å². The monoisotopic (exact) mass is 353 g/mol. The fraction of sp³-hybridized carbons (Fsp3) is 0.421. The number of methoxy groups -OCH3 is 1. The lowest BCUT2D eigenvalue weighted by atomic mass is 10.1. The van der Waals surface area contributed by atoms with E-state index in [0.29, 0.717) is 24.8 Å². The van der Waals surface area contributed by atoms with Crippen LogP contribution in [0, 0.1) is 12.8 Å². The molecule has 0 unspecified atom stereocenters. The number of para-hydroxylation sites is 2. The first-order valence-corrected chi connectivity index (χ1v) is 8.90. The molecule has 1 atom stereocenters. The van der Waals surface area contributed by atoms with Gasteiger partial charge in [-0.1, -0.05) is 12.1 Å². The highest BCUT2D eigenvalue weighted by Crippen LogP contribution is 2.20. The van der Waals surface area contributed by atoms with Gasteiger partial charge in [-0.05, 0) is 31.5 Å². The molecule has 1 aliphatic heterocycles. The number of aryl methyl sites for hydroxylation is 1. The van der Waals surface area contributed by atoms with Crippen LogP contribution in [0.4, 0.5) is 0 Å². The number of carbonyl (C=O) groups excluding carboxylic acids is 1. The van der Waals surface area contributed by atoms with Crippen molar-refractivity contribution in [1.29, 1.82) is 0 Å². The third kappa shape index (κ3) is 3.10. The second-order valence-corrected chi connectivity index (χ2v) is 6.87. The maximum atomic E-state index is 12.7. The number of likely N-dealkylation sites (tertiary alicyclic amines) is 1. The Morgan fingerprint density at radius 3 is 3.08 bits per heavy atom. The third-order valence-electron chi connectivity index (χ3n) is 5.00. The first kappa shape index (κ1) is 16.8. The highest BCUT2D eigenvalue weighted by Gasteiger charge is 2.28. The molecule has 1 aliphatic rings. The van der Waals surface area contributed by atoms with E-state index in [1.807, 2.05) is 36.1 Å². The molecular formula is C19H23N5O2. The van der Waals surface area contributed by atoms with Crippen LogP contribution in [0.1, 0.15) is 28.4 Å². The summed E-state index contributed by atoms with van der Waals surface area (Å²) in [6.45, 7) is 4.80. The molecule has 1 saturated heterocycles. The predicted molar refractivity (Wildman–Crippen MR) is 98.0 cm³/mol. The van der Waals surface area contributed by atoms with Gasteiger partial charge in [0, 0.05) is 26.1 Å². The van der Waals surface area contributed by atoms with Crippen LogP contribution in [0.25, 0.3) is 11.0 Å². The molecule has 3 aromatic rings. The van der Waals surface area contributed by atoms with E-state index in [1.54, 1.807) is 7.11 Å². The molecule has 136 valence electrons. The Morgan fingerprint density at radius 2 is 2.23 bits per heavy atom. The summed E-state index contributed by atoms with van der Waals surface area (Å²) in [7, 11) is 1.70. The number of aromatic nitrogens is 4. The lowest BCUT2D eigenvalue weighted by molar-refractivity contribution is 0.0769. The summed E-state index contributed by atoms with van der Waals surface area (Å²) in [6.07, 6.45) is 0.983. The minimum absolute atomic E-state index is 0.0154. The first-order chi connectivity index (χ1) is 12.7. The Kier molecular flexibility index (Phi) is 4.46. The zero-order valence-corrected chi connectivity index (χ0v) is 15.1. The molecule has 0 aliphatic carbocycles. The number of amides is 1. The van der Waals surface area contributed by atoms with E-state index < -0.39 is 0 Å². The second kappa shape index (κ2) is 6.92. The lowest BCUT2D eigenvalue weighted by Crippen LogP contribution is -2.29.